The first-order chi connectivity index (χ1) is 12.7. The second-order valence-corrected chi connectivity index (χ2v) is 8.69. The molecule has 3 heteroatoms. The minimum Gasteiger partial charge on any atom is -0.357 e. The van der Waals surface area contributed by atoms with Gasteiger partial charge < -0.3 is 9.80 Å². The molecule has 0 saturated carbocycles. The first-order valence-corrected chi connectivity index (χ1v) is 10.3. The fourth-order valence-electron chi connectivity index (χ4n) is 6.70. The van der Waals surface area contributed by atoms with Gasteiger partial charge in [0.1, 0.15) is 18.9 Å². The van der Waals surface area contributed by atoms with Crippen molar-refractivity contribution in [2.75, 3.05) is 25.0 Å². The normalized spacial score (nSPS) is 38.2. The van der Waals surface area contributed by atoms with Crippen molar-refractivity contribution in [2.45, 2.75) is 51.0 Å². The fourth-order valence-corrected chi connectivity index (χ4v) is 6.70. The van der Waals surface area contributed by atoms with Gasteiger partial charge in [0.05, 0.1) is 18.5 Å². The van der Waals surface area contributed by atoms with Gasteiger partial charge >= 0.3 is 0 Å². The topological polar surface area (TPSA) is 29.1 Å². The van der Waals surface area contributed by atoms with Crippen molar-refractivity contribution < 1.29 is 9.28 Å². The zero-order valence-corrected chi connectivity index (χ0v) is 15.9. The first kappa shape index (κ1) is 16.3. The average Bonchev–Trinajstić information content (AvgIpc) is 3.20. The molecule has 2 bridgehead atoms. The van der Waals surface area contributed by atoms with Gasteiger partial charge in [0, 0.05) is 35.7 Å². The van der Waals surface area contributed by atoms with E-state index in [0.717, 1.165) is 24.8 Å². The number of carbonyl (C=O) groups excluding carboxylic acids is 1. The van der Waals surface area contributed by atoms with E-state index in [9.17, 15) is 4.79 Å². The molecular weight excluding hydrogens is 320 g/mol. The Morgan fingerprint density at radius 1 is 1.35 bits per heavy atom. The van der Waals surface area contributed by atoms with E-state index >= 15 is 0 Å². The van der Waals surface area contributed by atoms with Crippen LogP contribution in [0.15, 0.2) is 47.2 Å². The van der Waals surface area contributed by atoms with E-state index in [1.165, 1.54) is 59.4 Å². The Hall–Kier alpha value is -1.87. The van der Waals surface area contributed by atoms with E-state index in [2.05, 4.69) is 49.5 Å². The number of para-hydroxylation sites is 1. The molecule has 0 aromatic heterocycles. The van der Waals surface area contributed by atoms with E-state index in [0.29, 0.717) is 12.0 Å². The van der Waals surface area contributed by atoms with Crippen molar-refractivity contribution in [3.63, 3.8) is 0 Å². The lowest BCUT2D eigenvalue weighted by Crippen LogP contribution is -2.63. The monoisotopic (exact) mass is 349 g/mol. The van der Waals surface area contributed by atoms with Crippen molar-refractivity contribution >= 4 is 12.0 Å². The SMILES string of the molecule is C/C=C1\C[N+]2(CCCC)CCC34C(=C(C=O)C1CC32)Nc1ccccc14. The summed E-state index contributed by atoms with van der Waals surface area (Å²) in [6.45, 7) is 8.12. The lowest BCUT2D eigenvalue weighted by atomic mass is 9.61. The molecule has 1 aliphatic carbocycles. The van der Waals surface area contributed by atoms with Gasteiger partial charge in [-0.1, -0.05) is 37.6 Å². The molecule has 26 heavy (non-hydrogen) atoms. The third kappa shape index (κ3) is 1.80. The molecule has 2 fully saturated rings. The molecule has 2 saturated heterocycles. The second-order valence-electron chi connectivity index (χ2n) is 8.69. The van der Waals surface area contributed by atoms with Gasteiger partial charge in [0.25, 0.3) is 0 Å². The Morgan fingerprint density at radius 2 is 2.19 bits per heavy atom. The van der Waals surface area contributed by atoms with Crippen LogP contribution in [0.25, 0.3) is 0 Å². The first-order valence-electron chi connectivity index (χ1n) is 10.3. The quantitative estimate of drug-likeness (QED) is 0.502. The summed E-state index contributed by atoms with van der Waals surface area (Å²) >= 11 is 0. The number of nitrogens with one attached hydrogen (secondary N) is 1. The number of nitrogens with zero attached hydrogens (tertiary/aromatic N) is 1. The highest BCUT2D eigenvalue weighted by Crippen LogP contribution is 2.63. The molecule has 3 heterocycles. The molecule has 0 radical (unpaired) electrons. The van der Waals surface area contributed by atoms with Gasteiger partial charge in [-0.05, 0) is 30.5 Å². The largest absolute Gasteiger partial charge is 0.357 e. The maximum atomic E-state index is 12.2. The van der Waals surface area contributed by atoms with Crippen molar-refractivity contribution in [3.8, 4) is 0 Å². The third-order valence-corrected chi connectivity index (χ3v) is 7.82. The number of hydrogen-bond acceptors (Lipinski definition) is 2. The summed E-state index contributed by atoms with van der Waals surface area (Å²) in [6.07, 6.45) is 8.31. The molecule has 4 aliphatic rings. The van der Waals surface area contributed by atoms with Crippen LogP contribution in [-0.2, 0) is 10.2 Å². The summed E-state index contributed by atoms with van der Waals surface area (Å²) in [5.41, 5.74) is 6.47. The van der Waals surface area contributed by atoms with Gasteiger partial charge in [-0.3, -0.25) is 4.79 Å². The Bertz CT molecular complexity index is 838. The van der Waals surface area contributed by atoms with E-state index in [-0.39, 0.29) is 5.41 Å². The summed E-state index contributed by atoms with van der Waals surface area (Å²) in [5.74, 6) is 0.318. The molecular formula is C23H29N2O+. The minimum atomic E-state index is 0.0380. The zero-order valence-electron chi connectivity index (χ0n) is 15.9. The third-order valence-electron chi connectivity index (χ3n) is 7.82. The number of carbonyl (C=O) groups is 1. The molecule has 3 aliphatic heterocycles. The van der Waals surface area contributed by atoms with Crippen LogP contribution >= 0.6 is 0 Å². The van der Waals surface area contributed by atoms with E-state index in [1.54, 1.807) is 0 Å². The average molecular weight is 349 g/mol. The smallest absolute Gasteiger partial charge is 0.148 e. The molecule has 1 aromatic carbocycles. The predicted molar refractivity (Wildman–Crippen MR) is 105 cm³/mol. The van der Waals surface area contributed by atoms with E-state index in [4.69, 9.17) is 0 Å². The van der Waals surface area contributed by atoms with Gasteiger partial charge in [0.15, 0.2) is 0 Å². The number of allylic oxidation sites excluding steroid dienone is 2. The molecule has 3 nitrogen and oxygen atoms in total. The molecule has 136 valence electrons. The van der Waals surface area contributed by atoms with Crippen LogP contribution in [0.1, 0.15) is 45.1 Å². The van der Waals surface area contributed by atoms with E-state index < -0.39 is 0 Å². The highest BCUT2D eigenvalue weighted by Gasteiger charge is 2.68. The number of quaternary nitrogens is 1. The number of rotatable bonds is 4. The lowest BCUT2D eigenvalue weighted by Gasteiger charge is -2.53. The maximum Gasteiger partial charge on any atom is 0.148 e. The zero-order chi connectivity index (χ0) is 17.9. The highest BCUT2D eigenvalue weighted by molar-refractivity contribution is 5.84. The van der Waals surface area contributed by atoms with Crippen LogP contribution in [-0.4, -0.2) is 36.4 Å². The lowest BCUT2D eigenvalue weighted by molar-refractivity contribution is -0.941. The Morgan fingerprint density at radius 3 is 2.96 bits per heavy atom. The summed E-state index contributed by atoms with van der Waals surface area (Å²) in [5, 5.41) is 3.71. The van der Waals surface area contributed by atoms with E-state index in [1.807, 2.05) is 0 Å². The molecule has 4 atom stereocenters. The van der Waals surface area contributed by atoms with Crippen molar-refractivity contribution in [2.24, 2.45) is 5.92 Å². The number of hydrogen-bond donors (Lipinski definition) is 1. The Balaban J connectivity index is 1.76. The summed E-state index contributed by atoms with van der Waals surface area (Å²) in [4.78, 5) is 12.2. The molecule has 1 spiro atoms. The van der Waals surface area contributed by atoms with Crippen LogP contribution in [0.3, 0.4) is 0 Å². The van der Waals surface area contributed by atoms with Gasteiger partial charge in [-0.15, -0.1) is 0 Å². The Kier molecular flexibility index (Phi) is 3.49. The Labute approximate surface area is 156 Å². The fraction of sp³-hybridized carbons (Fsp3) is 0.522. The molecule has 1 aromatic rings. The number of unbranched alkanes of at least 4 members (excludes halogenated alkanes) is 1. The van der Waals surface area contributed by atoms with Crippen molar-refractivity contribution in [3.05, 3.63) is 52.7 Å². The van der Waals surface area contributed by atoms with Crippen LogP contribution in [0.4, 0.5) is 5.69 Å². The number of benzene rings is 1. The molecule has 0 amide bonds. The van der Waals surface area contributed by atoms with Gasteiger partial charge in [-0.2, -0.15) is 0 Å². The number of fused-ring (bicyclic) bond motifs is 2. The maximum absolute atomic E-state index is 12.2. The molecule has 5 rings (SSSR count). The summed E-state index contributed by atoms with van der Waals surface area (Å²) in [6, 6.07) is 9.39. The summed E-state index contributed by atoms with van der Waals surface area (Å²) in [7, 11) is 0. The predicted octanol–water partition coefficient (Wildman–Crippen LogP) is 4.17. The van der Waals surface area contributed by atoms with Crippen molar-refractivity contribution in [1.29, 1.82) is 0 Å². The molecule has 4 unspecified atom stereocenters. The van der Waals surface area contributed by atoms with Gasteiger partial charge in [0.2, 0.25) is 0 Å². The van der Waals surface area contributed by atoms with Gasteiger partial charge in [-0.25, -0.2) is 0 Å². The summed E-state index contributed by atoms with van der Waals surface area (Å²) < 4.78 is 1.23. The minimum absolute atomic E-state index is 0.0380. The second kappa shape index (κ2) is 5.56. The van der Waals surface area contributed by atoms with Crippen molar-refractivity contribution in [1.82, 2.24) is 0 Å². The molecule has 1 N–H and O–H groups in total. The van der Waals surface area contributed by atoms with Crippen LogP contribution in [0.2, 0.25) is 0 Å². The number of aldehydes is 1. The van der Waals surface area contributed by atoms with Crippen LogP contribution in [0, 0.1) is 5.92 Å². The highest BCUT2D eigenvalue weighted by atomic mass is 16.1. The number of piperidine rings is 1. The standard InChI is InChI=1S/C23H28N2O/c1-3-5-11-25-12-10-23-19-8-6-7-9-20(19)24-22(23)18(15-26)17(13-21(23)25)16(4-2)14-25/h4,6-9,15,17,21H,3,5,10-14H2,1-2H3/p+1/b16-4+. The van der Waals surface area contributed by atoms with Crippen LogP contribution < -0.4 is 5.32 Å². The van der Waals surface area contributed by atoms with Crippen LogP contribution in [0.5, 0.6) is 0 Å². The number of anilines is 1.